The van der Waals surface area contributed by atoms with Crippen LogP contribution in [0.2, 0.25) is 0 Å². The van der Waals surface area contributed by atoms with Gasteiger partial charge in [0.1, 0.15) is 5.75 Å². The lowest BCUT2D eigenvalue weighted by atomic mass is 10.2. The number of nitrogens with zero attached hydrogens (tertiary/aromatic N) is 2. The van der Waals surface area contributed by atoms with Crippen LogP contribution in [0.15, 0.2) is 72.0 Å². The minimum Gasteiger partial charge on any atom is -0.437 e. The zero-order chi connectivity index (χ0) is 17.6. The highest BCUT2D eigenvalue weighted by atomic mass is 32.2. The normalized spacial score (nSPS) is 11.6. The SMILES string of the molecule is CS(=O)c1ccc(C(=O)Nc2cccc(Oc3cnccn3)c2)cc1. The van der Waals surface area contributed by atoms with E-state index in [0.29, 0.717) is 27.8 Å². The standard InChI is InChI=1S/C18H15N3O3S/c1-25(23)16-7-5-13(6-8-16)18(22)21-14-3-2-4-15(11-14)24-17-12-19-9-10-20-17/h2-12H,1H3,(H,21,22). The zero-order valence-corrected chi connectivity index (χ0v) is 14.2. The summed E-state index contributed by atoms with van der Waals surface area (Å²) >= 11 is 0. The maximum Gasteiger partial charge on any atom is 0.255 e. The van der Waals surface area contributed by atoms with Crippen LogP contribution in [0.4, 0.5) is 5.69 Å². The maximum absolute atomic E-state index is 12.3. The van der Waals surface area contributed by atoms with E-state index in [0.717, 1.165) is 0 Å². The van der Waals surface area contributed by atoms with Gasteiger partial charge >= 0.3 is 0 Å². The number of hydrogen-bond donors (Lipinski definition) is 1. The van der Waals surface area contributed by atoms with Crippen molar-refractivity contribution in [1.82, 2.24) is 9.97 Å². The largest absolute Gasteiger partial charge is 0.437 e. The van der Waals surface area contributed by atoms with Crippen molar-refractivity contribution in [2.24, 2.45) is 0 Å². The molecule has 1 unspecified atom stereocenters. The molecule has 0 fully saturated rings. The van der Waals surface area contributed by atoms with Crippen molar-refractivity contribution in [2.75, 3.05) is 11.6 Å². The lowest BCUT2D eigenvalue weighted by Crippen LogP contribution is -2.11. The van der Waals surface area contributed by atoms with E-state index in [1.54, 1.807) is 61.0 Å². The third-order valence-electron chi connectivity index (χ3n) is 3.30. The predicted molar refractivity (Wildman–Crippen MR) is 95.3 cm³/mol. The first kappa shape index (κ1) is 16.8. The van der Waals surface area contributed by atoms with Gasteiger partial charge < -0.3 is 10.1 Å². The molecule has 1 atom stereocenters. The molecule has 0 aliphatic heterocycles. The molecule has 1 amide bonds. The number of amides is 1. The summed E-state index contributed by atoms with van der Waals surface area (Å²) in [6, 6.07) is 13.6. The first-order valence-corrected chi connectivity index (χ1v) is 8.96. The van der Waals surface area contributed by atoms with Crippen molar-refractivity contribution in [1.29, 1.82) is 0 Å². The van der Waals surface area contributed by atoms with Crippen molar-refractivity contribution < 1.29 is 13.7 Å². The Labute approximate surface area is 147 Å². The number of carbonyl (C=O) groups excluding carboxylic acids is 1. The molecule has 7 heteroatoms. The second-order valence-corrected chi connectivity index (χ2v) is 6.49. The number of benzene rings is 2. The van der Waals surface area contributed by atoms with Crippen molar-refractivity contribution in [3.8, 4) is 11.6 Å². The fourth-order valence-electron chi connectivity index (χ4n) is 2.10. The molecule has 0 bridgehead atoms. The predicted octanol–water partition coefficient (Wildman–Crippen LogP) is 3.26. The highest BCUT2D eigenvalue weighted by molar-refractivity contribution is 7.84. The lowest BCUT2D eigenvalue weighted by molar-refractivity contribution is 0.102. The van der Waals surface area contributed by atoms with Crippen LogP contribution >= 0.6 is 0 Å². The molecule has 25 heavy (non-hydrogen) atoms. The van der Waals surface area contributed by atoms with Crippen LogP contribution < -0.4 is 10.1 Å². The molecule has 0 aliphatic rings. The molecule has 1 aromatic heterocycles. The molecule has 0 radical (unpaired) electrons. The summed E-state index contributed by atoms with van der Waals surface area (Å²) in [6.45, 7) is 0. The van der Waals surface area contributed by atoms with E-state index in [1.807, 2.05) is 0 Å². The summed E-state index contributed by atoms with van der Waals surface area (Å²) in [4.78, 5) is 21.0. The van der Waals surface area contributed by atoms with Crippen LogP contribution in [0.5, 0.6) is 11.6 Å². The maximum atomic E-state index is 12.3. The molecule has 1 heterocycles. The Morgan fingerprint density at radius 2 is 1.92 bits per heavy atom. The number of aromatic nitrogens is 2. The third kappa shape index (κ3) is 4.48. The molecular formula is C18H15N3O3S. The average molecular weight is 353 g/mol. The van der Waals surface area contributed by atoms with Gasteiger partial charge in [0, 0.05) is 51.7 Å². The van der Waals surface area contributed by atoms with Gasteiger partial charge in [-0.1, -0.05) is 6.07 Å². The lowest BCUT2D eigenvalue weighted by Gasteiger charge is -2.08. The van der Waals surface area contributed by atoms with Gasteiger partial charge in [0.15, 0.2) is 0 Å². The van der Waals surface area contributed by atoms with Gasteiger partial charge in [-0.3, -0.25) is 14.0 Å². The van der Waals surface area contributed by atoms with Gasteiger partial charge in [0.2, 0.25) is 5.88 Å². The minimum atomic E-state index is -1.07. The highest BCUT2D eigenvalue weighted by Crippen LogP contribution is 2.22. The van der Waals surface area contributed by atoms with Crippen LogP contribution in [0, 0.1) is 0 Å². The van der Waals surface area contributed by atoms with Gasteiger partial charge in [-0.25, -0.2) is 4.98 Å². The second-order valence-electron chi connectivity index (χ2n) is 5.11. The summed E-state index contributed by atoms with van der Waals surface area (Å²) in [6.07, 6.45) is 6.19. The number of rotatable bonds is 5. The van der Waals surface area contributed by atoms with Crippen molar-refractivity contribution >= 4 is 22.4 Å². The Kier molecular flexibility index (Phi) is 5.15. The fourth-order valence-corrected chi connectivity index (χ4v) is 2.62. The van der Waals surface area contributed by atoms with Crippen LogP contribution in [0.3, 0.4) is 0 Å². The van der Waals surface area contributed by atoms with E-state index in [2.05, 4.69) is 15.3 Å². The van der Waals surface area contributed by atoms with Crippen LogP contribution in [0.25, 0.3) is 0 Å². The number of hydrogen-bond acceptors (Lipinski definition) is 5. The smallest absolute Gasteiger partial charge is 0.255 e. The Bertz CT molecular complexity index is 899. The number of ether oxygens (including phenoxy) is 1. The third-order valence-corrected chi connectivity index (χ3v) is 4.24. The number of nitrogens with one attached hydrogen (secondary N) is 1. The van der Waals surface area contributed by atoms with Gasteiger partial charge in [-0.15, -0.1) is 0 Å². The Hall–Kier alpha value is -3.06. The monoisotopic (exact) mass is 353 g/mol. The molecule has 0 saturated carbocycles. The second kappa shape index (κ2) is 7.67. The molecule has 2 aromatic carbocycles. The molecule has 0 aliphatic carbocycles. The Morgan fingerprint density at radius 1 is 1.12 bits per heavy atom. The average Bonchev–Trinajstić information content (AvgIpc) is 2.63. The number of carbonyl (C=O) groups is 1. The van der Waals surface area contributed by atoms with E-state index in [9.17, 15) is 9.00 Å². The zero-order valence-electron chi connectivity index (χ0n) is 13.4. The molecule has 6 nitrogen and oxygen atoms in total. The van der Waals surface area contributed by atoms with E-state index in [-0.39, 0.29) is 5.91 Å². The summed E-state index contributed by atoms with van der Waals surface area (Å²) in [5, 5.41) is 2.80. The van der Waals surface area contributed by atoms with Crippen molar-refractivity contribution in [2.45, 2.75) is 4.90 Å². The molecule has 1 N–H and O–H groups in total. The van der Waals surface area contributed by atoms with E-state index >= 15 is 0 Å². The summed E-state index contributed by atoms with van der Waals surface area (Å²) in [5.74, 6) is 0.647. The Morgan fingerprint density at radius 3 is 2.60 bits per heavy atom. The van der Waals surface area contributed by atoms with E-state index < -0.39 is 10.8 Å². The van der Waals surface area contributed by atoms with Gasteiger partial charge in [0.05, 0.1) is 6.20 Å². The minimum absolute atomic E-state index is 0.259. The van der Waals surface area contributed by atoms with Gasteiger partial charge in [0.25, 0.3) is 5.91 Å². The van der Waals surface area contributed by atoms with E-state index in [4.69, 9.17) is 4.74 Å². The molecule has 0 saturated heterocycles. The molecule has 3 rings (SSSR count). The summed E-state index contributed by atoms with van der Waals surface area (Å²) in [7, 11) is -1.07. The fraction of sp³-hybridized carbons (Fsp3) is 0.0556. The summed E-state index contributed by atoms with van der Waals surface area (Å²) < 4.78 is 17.0. The quantitative estimate of drug-likeness (QED) is 0.761. The topological polar surface area (TPSA) is 81.2 Å². The van der Waals surface area contributed by atoms with Crippen LogP contribution in [-0.4, -0.2) is 26.3 Å². The van der Waals surface area contributed by atoms with Crippen LogP contribution in [0.1, 0.15) is 10.4 Å². The van der Waals surface area contributed by atoms with Crippen LogP contribution in [-0.2, 0) is 10.8 Å². The molecule has 126 valence electrons. The van der Waals surface area contributed by atoms with Gasteiger partial charge in [-0.2, -0.15) is 0 Å². The number of anilines is 1. The molecule has 0 spiro atoms. The Balaban J connectivity index is 1.71. The van der Waals surface area contributed by atoms with Crippen molar-refractivity contribution in [3.63, 3.8) is 0 Å². The van der Waals surface area contributed by atoms with Crippen molar-refractivity contribution in [3.05, 3.63) is 72.7 Å². The van der Waals surface area contributed by atoms with Gasteiger partial charge in [-0.05, 0) is 36.4 Å². The first-order valence-electron chi connectivity index (χ1n) is 7.40. The highest BCUT2D eigenvalue weighted by Gasteiger charge is 2.08. The first-order chi connectivity index (χ1) is 12.1. The molecular weight excluding hydrogens is 338 g/mol. The molecule has 3 aromatic rings. The summed E-state index contributed by atoms with van der Waals surface area (Å²) in [5.41, 5.74) is 1.07. The van der Waals surface area contributed by atoms with E-state index in [1.165, 1.54) is 12.4 Å².